The number of fused-ring (bicyclic) bond motifs is 5. The second-order valence-corrected chi connectivity index (χ2v) is 15.2. The Bertz CT molecular complexity index is 2320. The molecule has 2 nitrogen and oxygen atoms in total. The van der Waals surface area contributed by atoms with Crippen molar-refractivity contribution < 1.29 is 0 Å². The fraction of sp³-hybridized carbons (Fsp3) is 0.143. The molecule has 0 radical (unpaired) electrons. The van der Waals surface area contributed by atoms with Gasteiger partial charge in [-0.15, -0.1) is 0 Å². The van der Waals surface area contributed by atoms with Gasteiger partial charge in [-0.2, -0.15) is 0 Å². The zero-order valence-electron chi connectivity index (χ0n) is 30.0. The first-order chi connectivity index (χ1) is 24.7. The van der Waals surface area contributed by atoms with Crippen LogP contribution in [0.15, 0.2) is 164 Å². The number of rotatable bonds is 4. The van der Waals surface area contributed by atoms with E-state index in [1.807, 2.05) is 0 Å². The molecule has 2 aliphatic rings. The van der Waals surface area contributed by atoms with E-state index >= 15 is 0 Å². The van der Waals surface area contributed by atoms with Gasteiger partial charge in [0.05, 0.1) is 28.2 Å². The number of hydrogen-bond donors (Lipinski definition) is 0. The minimum Gasteiger partial charge on any atom is -0.306 e. The average molecular weight is 659 g/mol. The molecule has 0 saturated carbocycles. The van der Waals surface area contributed by atoms with E-state index in [0.717, 1.165) is 34.1 Å². The molecule has 1 heterocycles. The van der Waals surface area contributed by atoms with Crippen molar-refractivity contribution in [3.8, 4) is 11.1 Å². The highest BCUT2D eigenvalue weighted by molar-refractivity contribution is 6.02. The van der Waals surface area contributed by atoms with Crippen molar-refractivity contribution in [2.75, 3.05) is 9.80 Å². The first-order valence-corrected chi connectivity index (χ1v) is 18.0. The predicted octanol–water partition coefficient (Wildman–Crippen LogP) is 13.2. The van der Waals surface area contributed by atoms with E-state index in [2.05, 4.69) is 208 Å². The number of benzene rings is 7. The number of aryl methyl sites for hydroxylation is 2. The van der Waals surface area contributed by atoms with Crippen molar-refractivity contribution >= 4 is 34.1 Å². The Morgan fingerprint density at radius 3 is 1.35 bits per heavy atom. The molecule has 0 atom stereocenters. The summed E-state index contributed by atoms with van der Waals surface area (Å²) in [6.45, 7) is 11.2. The zero-order valence-corrected chi connectivity index (χ0v) is 30.0. The standard InChI is InChI=1S/C49H42N2/c1-33-18-22-36(23-19-33)49(37-24-20-34(2)21-25-37)42-13-7-6-12-40(42)41-31-30-39(32-43(41)49)51-46-16-10-8-14-44(46)50(45-15-9-11-17-47(45)51)38-28-26-35(27-29-38)48(3,4)5/h6-32H,1-5H3. The summed E-state index contributed by atoms with van der Waals surface area (Å²) in [6, 6.07) is 61.3. The molecule has 7 aromatic rings. The van der Waals surface area contributed by atoms with Gasteiger partial charge in [-0.05, 0) is 107 Å². The van der Waals surface area contributed by atoms with E-state index in [0.29, 0.717) is 0 Å². The van der Waals surface area contributed by atoms with Gasteiger partial charge in [0, 0.05) is 11.4 Å². The third kappa shape index (κ3) is 4.77. The largest absolute Gasteiger partial charge is 0.306 e. The summed E-state index contributed by atoms with van der Waals surface area (Å²) in [5.74, 6) is 0. The molecule has 2 heteroatoms. The maximum Gasteiger partial charge on any atom is 0.0714 e. The van der Waals surface area contributed by atoms with E-state index in [1.165, 1.54) is 50.1 Å². The summed E-state index contributed by atoms with van der Waals surface area (Å²) in [6.07, 6.45) is 0. The molecule has 0 aromatic heterocycles. The summed E-state index contributed by atoms with van der Waals surface area (Å²) in [5.41, 5.74) is 18.2. The lowest BCUT2D eigenvalue weighted by molar-refractivity contribution is 0.590. The monoisotopic (exact) mass is 658 g/mol. The number of anilines is 6. The molecule has 51 heavy (non-hydrogen) atoms. The first kappa shape index (κ1) is 31.1. The van der Waals surface area contributed by atoms with E-state index in [9.17, 15) is 0 Å². The second-order valence-electron chi connectivity index (χ2n) is 15.2. The van der Waals surface area contributed by atoms with Crippen molar-refractivity contribution in [1.29, 1.82) is 0 Å². The van der Waals surface area contributed by atoms with E-state index in [1.54, 1.807) is 0 Å². The molecule has 1 aliphatic carbocycles. The summed E-state index contributed by atoms with van der Waals surface area (Å²) >= 11 is 0. The molecule has 1 aliphatic heterocycles. The lowest BCUT2D eigenvalue weighted by Crippen LogP contribution is -2.29. The van der Waals surface area contributed by atoms with Crippen LogP contribution < -0.4 is 9.80 Å². The van der Waals surface area contributed by atoms with Gasteiger partial charge in [-0.1, -0.05) is 147 Å². The van der Waals surface area contributed by atoms with Crippen LogP contribution in [0.5, 0.6) is 0 Å². The van der Waals surface area contributed by atoms with Crippen LogP contribution in [0.2, 0.25) is 0 Å². The van der Waals surface area contributed by atoms with Crippen molar-refractivity contribution in [2.45, 2.75) is 45.4 Å². The number of para-hydroxylation sites is 4. The van der Waals surface area contributed by atoms with Gasteiger partial charge in [-0.25, -0.2) is 0 Å². The third-order valence-corrected chi connectivity index (χ3v) is 11.0. The van der Waals surface area contributed by atoms with E-state index < -0.39 is 5.41 Å². The zero-order chi connectivity index (χ0) is 34.9. The Morgan fingerprint density at radius 2 is 0.843 bits per heavy atom. The maximum absolute atomic E-state index is 2.47. The molecule has 0 bridgehead atoms. The van der Waals surface area contributed by atoms with Crippen molar-refractivity contribution in [3.63, 3.8) is 0 Å². The van der Waals surface area contributed by atoms with E-state index in [4.69, 9.17) is 0 Å². The molecular formula is C49H42N2. The second kappa shape index (κ2) is 11.6. The molecule has 0 saturated heterocycles. The summed E-state index contributed by atoms with van der Waals surface area (Å²) in [4.78, 5) is 4.88. The van der Waals surface area contributed by atoms with E-state index in [-0.39, 0.29) is 5.41 Å². The SMILES string of the molecule is Cc1ccc(C2(c3ccc(C)cc3)c3ccccc3-c3ccc(N4c5ccccc5N(c5ccc(C(C)(C)C)cc5)c5ccccc54)cc32)cc1. The lowest BCUT2D eigenvalue weighted by Gasteiger charge is -2.41. The molecule has 0 fully saturated rings. The van der Waals surface area contributed by atoms with Gasteiger partial charge >= 0.3 is 0 Å². The topological polar surface area (TPSA) is 6.48 Å². The van der Waals surface area contributed by atoms with Crippen LogP contribution in [0, 0.1) is 13.8 Å². The number of nitrogens with zero attached hydrogens (tertiary/aromatic N) is 2. The quantitative estimate of drug-likeness (QED) is 0.186. The normalized spacial score (nSPS) is 14.1. The fourth-order valence-corrected chi connectivity index (χ4v) is 8.41. The summed E-state index contributed by atoms with van der Waals surface area (Å²) in [5, 5.41) is 0. The van der Waals surface area contributed by atoms with Crippen LogP contribution in [0.3, 0.4) is 0 Å². The highest BCUT2D eigenvalue weighted by Gasteiger charge is 2.46. The minimum absolute atomic E-state index is 0.0899. The van der Waals surface area contributed by atoms with Gasteiger partial charge in [0.15, 0.2) is 0 Å². The molecule has 0 spiro atoms. The minimum atomic E-state index is -0.473. The Hall–Kier alpha value is -5.86. The van der Waals surface area contributed by atoms with Gasteiger partial charge < -0.3 is 9.80 Å². The first-order valence-electron chi connectivity index (χ1n) is 18.0. The number of hydrogen-bond acceptors (Lipinski definition) is 2. The highest BCUT2D eigenvalue weighted by Crippen LogP contribution is 2.59. The summed E-state index contributed by atoms with van der Waals surface area (Å²) < 4.78 is 0. The Balaban J connectivity index is 1.28. The van der Waals surface area contributed by atoms with Crippen molar-refractivity contribution in [1.82, 2.24) is 0 Å². The van der Waals surface area contributed by atoms with Crippen LogP contribution in [0.1, 0.15) is 59.7 Å². The van der Waals surface area contributed by atoms with Crippen LogP contribution in [-0.2, 0) is 10.8 Å². The fourth-order valence-electron chi connectivity index (χ4n) is 8.41. The van der Waals surface area contributed by atoms with Gasteiger partial charge in [-0.3, -0.25) is 0 Å². The Labute approximate surface area is 302 Å². The van der Waals surface area contributed by atoms with Gasteiger partial charge in [0.2, 0.25) is 0 Å². The van der Waals surface area contributed by atoms with Gasteiger partial charge in [0.1, 0.15) is 0 Å². The van der Waals surface area contributed by atoms with Crippen LogP contribution in [0.4, 0.5) is 34.1 Å². The van der Waals surface area contributed by atoms with Crippen LogP contribution >= 0.6 is 0 Å². The molecule has 9 rings (SSSR count). The third-order valence-electron chi connectivity index (χ3n) is 11.0. The molecule has 0 amide bonds. The van der Waals surface area contributed by atoms with Crippen LogP contribution in [0.25, 0.3) is 11.1 Å². The molecular weight excluding hydrogens is 617 g/mol. The maximum atomic E-state index is 2.47. The molecule has 0 N–H and O–H groups in total. The smallest absolute Gasteiger partial charge is 0.0714 e. The molecule has 248 valence electrons. The van der Waals surface area contributed by atoms with Gasteiger partial charge in [0.25, 0.3) is 0 Å². The summed E-state index contributed by atoms with van der Waals surface area (Å²) in [7, 11) is 0. The lowest BCUT2D eigenvalue weighted by atomic mass is 9.67. The Kier molecular flexibility index (Phi) is 7.09. The van der Waals surface area contributed by atoms with Crippen molar-refractivity contribution in [3.05, 3.63) is 203 Å². The van der Waals surface area contributed by atoms with Crippen molar-refractivity contribution in [2.24, 2.45) is 0 Å². The highest BCUT2D eigenvalue weighted by atomic mass is 15.3. The predicted molar refractivity (Wildman–Crippen MR) is 215 cm³/mol. The molecule has 7 aromatic carbocycles. The Morgan fingerprint density at radius 1 is 0.412 bits per heavy atom. The molecule has 0 unspecified atom stereocenters. The van der Waals surface area contributed by atoms with Crippen LogP contribution in [-0.4, -0.2) is 0 Å². The average Bonchev–Trinajstić information content (AvgIpc) is 3.44.